The Morgan fingerprint density at radius 1 is 1.15 bits per heavy atom. The molecule has 0 radical (unpaired) electrons. The molecule has 0 unspecified atom stereocenters. The van der Waals surface area contributed by atoms with Gasteiger partial charge in [-0.25, -0.2) is 0 Å². The summed E-state index contributed by atoms with van der Waals surface area (Å²) in [6, 6.07) is 16.1. The van der Waals surface area contributed by atoms with Gasteiger partial charge >= 0.3 is 0 Å². The Morgan fingerprint density at radius 3 is 2.70 bits per heavy atom. The number of amidine groups is 1. The molecule has 1 saturated heterocycles. The third-order valence-corrected chi connectivity index (χ3v) is 5.65. The fourth-order valence-electron chi connectivity index (χ4n) is 4.07. The summed E-state index contributed by atoms with van der Waals surface area (Å²) in [5.74, 6) is 0.949. The first kappa shape index (κ1) is 17.7. The lowest BCUT2D eigenvalue weighted by Gasteiger charge is -2.42. The predicted molar refractivity (Wildman–Crippen MR) is 107 cm³/mol. The minimum absolute atomic E-state index is 0.00539. The summed E-state index contributed by atoms with van der Waals surface area (Å²) in [4.78, 5) is 17.1. The largest absolute Gasteiger partial charge is 0.381 e. The third-order valence-electron chi connectivity index (χ3n) is 5.65. The van der Waals surface area contributed by atoms with E-state index in [1.54, 1.807) is 7.05 Å². The van der Waals surface area contributed by atoms with Crippen LogP contribution in [0.2, 0.25) is 0 Å². The van der Waals surface area contributed by atoms with Crippen molar-refractivity contribution < 1.29 is 9.53 Å². The maximum Gasteiger partial charge on any atom is 0.251 e. The highest BCUT2D eigenvalue weighted by molar-refractivity contribution is 6.03. The molecule has 1 fully saturated rings. The van der Waals surface area contributed by atoms with Gasteiger partial charge in [0.05, 0.1) is 6.54 Å². The predicted octanol–water partition coefficient (Wildman–Crippen LogP) is 3.41. The summed E-state index contributed by atoms with van der Waals surface area (Å²) in [7, 11) is 1.65. The third kappa shape index (κ3) is 3.47. The van der Waals surface area contributed by atoms with Gasteiger partial charge in [-0.3, -0.25) is 9.79 Å². The summed E-state index contributed by atoms with van der Waals surface area (Å²) < 4.78 is 5.63. The average Bonchev–Trinajstić information content (AvgIpc) is 2.72. The number of carbonyl (C=O) groups is 1. The van der Waals surface area contributed by atoms with Crippen LogP contribution in [-0.4, -0.2) is 32.0 Å². The van der Waals surface area contributed by atoms with Crippen molar-refractivity contribution in [3.8, 4) is 0 Å². The number of aliphatic imine (C=N–C) groups is 1. The van der Waals surface area contributed by atoms with Gasteiger partial charge in [0.1, 0.15) is 5.84 Å². The van der Waals surface area contributed by atoms with Crippen LogP contribution in [0.4, 0.5) is 5.69 Å². The van der Waals surface area contributed by atoms with Crippen LogP contribution >= 0.6 is 0 Å². The summed E-state index contributed by atoms with van der Waals surface area (Å²) in [5, 5.41) is 6.29. The first-order valence-electron chi connectivity index (χ1n) is 9.49. The molecule has 2 heterocycles. The lowest BCUT2D eigenvalue weighted by atomic mass is 9.71. The number of hydrogen-bond donors (Lipinski definition) is 2. The van der Waals surface area contributed by atoms with Crippen LogP contribution in [0.15, 0.2) is 53.5 Å². The molecular weight excluding hydrogens is 338 g/mol. The summed E-state index contributed by atoms with van der Waals surface area (Å²) in [5.41, 5.74) is 4.08. The Kier molecular flexibility index (Phi) is 4.94. The highest BCUT2D eigenvalue weighted by Crippen LogP contribution is 2.41. The molecule has 0 atom stereocenters. The van der Waals surface area contributed by atoms with Crippen molar-refractivity contribution in [2.45, 2.75) is 25.8 Å². The quantitative estimate of drug-likeness (QED) is 0.878. The van der Waals surface area contributed by atoms with Gasteiger partial charge in [0.2, 0.25) is 0 Å². The van der Waals surface area contributed by atoms with E-state index in [9.17, 15) is 4.79 Å². The van der Waals surface area contributed by atoms with Crippen LogP contribution < -0.4 is 10.6 Å². The normalized spacial score (nSPS) is 19.4. The van der Waals surface area contributed by atoms with Gasteiger partial charge in [0.25, 0.3) is 5.91 Å². The van der Waals surface area contributed by atoms with Crippen molar-refractivity contribution in [2.24, 2.45) is 10.4 Å². The Morgan fingerprint density at radius 2 is 1.89 bits per heavy atom. The lowest BCUT2D eigenvalue weighted by Crippen LogP contribution is -2.45. The average molecular weight is 363 g/mol. The molecule has 2 aromatic rings. The number of nitrogens with one attached hydrogen (secondary N) is 2. The zero-order valence-corrected chi connectivity index (χ0v) is 15.6. The van der Waals surface area contributed by atoms with Crippen LogP contribution in [0.25, 0.3) is 0 Å². The van der Waals surface area contributed by atoms with Crippen LogP contribution in [0.5, 0.6) is 0 Å². The van der Waals surface area contributed by atoms with E-state index in [4.69, 9.17) is 9.73 Å². The van der Waals surface area contributed by atoms with Gasteiger partial charge in [0.15, 0.2) is 0 Å². The number of benzene rings is 2. The monoisotopic (exact) mass is 363 g/mol. The van der Waals surface area contributed by atoms with Crippen molar-refractivity contribution in [2.75, 3.05) is 25.6 Å². The molecule has 5 heteroatoms. The molecule has 27 heavy (non-hydrogen) atoms. The van der Waals surface area contributed by atoms with Gasteiger partial charge in [0, 0.05) is 36.9 Å². The second kappa shape index (κ2) is 7.53. The fourth-order valence-corrected chi connectivity index (χ4v) is 4.07. The summed E-state index contributed by atoms with van der Waals surface area (Å²) >= 11 is 0. The van der Waals surface area contributed by atoms with Crippen molar-refractivity contribution in [3.05, 3.63) is 65.2 Å². The molecule has 140 valence electrons. The van der Waals surface area contributed by atoms with Crippen LogP contribution in [0, 0.1) is 5.41 Å². The zero-order chi connectivity index (χ0) is 18.7. The van der Waals surface area contributed by atoms with Crippen LogP contribution in [0.1, 0.15) is 34.3 Å². The second-order valence-corrected chi connectivity index (χ2v) is 7.25. The molecular formula is C22H25N3O2. The molecule has 2 aliphatic heterocycles. The molecule has 0 aromatic heterocycles. The van der Waals surface area contributed by atoms with Crippen molar-refractivity contribution >= 4 is 17.4 Å². The van der Waals surface area contributed by atoms with E-state index in [0.29, 0.717) is 12.1 Å². The van der Waals surface area contributed by atoms with E-state index in [2.05, 4.69) is 28.8 Å². The minimum Gasteiger partial charge on any atom is -0.381 e. The van der Waals surface area contributed by atoms with Gasteiger partial charge in [-0.15, -0.1) is 0 Å². The Bertz CT molecular complexity index is 869. The molecule has 2 aliphatic rings. The maximum absolute atomic E-state index is 12.2. The van der Waals surface area contributed by atoms with Crippen LogP contribution in [0.3, 0.4) is 0 Å². The molecule has 2 N–H and O–H groups in total. The van der Waals surface area contributed by atoms with E-state index < -0.39 is 0 Å². The number of carbonyl (C=O) groups excluding carboxylic acids is 1. The number of anilines is 1. The summed E-state index contributed by atoms with van der Waals surface area (Å²) in [6.45, 7) is 2.01. The topological polar surface area (TPSA) is 62.7 Å². The van der Waals surface area contributed by atoms with Gasteiger partial charge < -0.3 is 15.4 Å². The summed E-state index contributed by atoms with van der Waals surface area (Å²) in [6.07, 6.45) is 2.91. The smallest absolute Gasteiger partial charge is 0.251 e. The molecule has 0 aliphatic carbocycles. The number of amides is 1. The fraction of sp³-hybridized carbons (Fsp3) is 0.364. The number of para-hydroxylation sites is 1. The lowest BCUT2D eigenvalue weighted by molar-refractivity contribution is 0.0448. The maximum atomic E-state index is 12.2. The first-order chi connectivity index (χ1) is 13.2. The van der Waals surface area contributed by atoms with Crippen LogP contribution in [-0.2, 0) is 17.7 Å². The molecule has 1 spiro atoms. The standard InChI is InChI=1S/C22H25N3O2/c1-23-20(26)18-8-4-2-7-17(18)15-24-21-22(10-12-27-13-11-22)14-16-6-3-5-9-19(16)25-21/h2-9H,10-15H2,1H3,(H,23,26)(H,24,25). The van der Waals surface area contributed by atoms with E-state index >= 15 is 0 Å². The molecule has 2 aromatic carbocycles. The van der Waals surface area contributed by atoms with Crippen molar-refractivity contribution in [3.63, 3.8) is 0 Å². The number of nitrogens with zero attached hydrogens (tertiary/aromatic N) is 1. The molecule has 0 bridgehead atoms. The SMILES string of the molecule is CNC(=O)c1ccccc1CN=C1Nc2ccccc2CC12CCOCC2. The van der Waals surface area contributed by atoms with E-state index in [1.807, 2.05) is 30.3 Å². The Labute approximate surface area is 159 Å². The van der Waals surface area contributed by atoms with Crippen molar-refractivity contribution in [1.82, 2.24) is 5.32 Å². The zero-order valence-electron chi connectivity index (χ0n) is 15.6. The minimum atomic E-state index is -0.0754. The highest BCUT2D eigenvalue weighted by atomic mass is 16.5. The highest BCUT2D eigenvalue weighted by Gasteiger charge is 2.41. The van der Waals surface area contributed by atoms with E-state index in [1.165, 1.54) is 5.56 Å². The van der Waals surface area contributed by atoms with E-state index in [0.717, 1.165) is 49.6 Å². The Hall–Kier alpha value is -2.66. The first-order valence-corrected chi connectivity index (χ1v) is 9.49. The molecule has 4 rings (SSSR count). The second-order valence-electron chi connectivity index (χ2n) is 7.25. The van der Waals surface area contributed by atoms with Gasteiger partial charge in [-0.1, -0.05) is 36.4 Å². The number of hydrogen-bond acceptors (Lipinski definition) is 3. The van der Waals surface area contributed by atoms with Crippen molar-refractivity contribution in [1.29, 1.82) is 0 Å². The van der Waals surface area contributed by atoms with Gasteiger partial charge in [-0.05, 0) is 42.5 Å². The number of ether oxygens (including phenoxy) is 1. The molecule has 0 saturated carbocycles. The number of rotatable bonds is 3. The molecule has 1 amide bonds. The van der Waals surface area contributed by atoms with E-state index in [-0.39, 0.29) is 11.3 Å². The van der Waals surface area contributed by atoms with Gasteiger partial charge in [-0.2, -0.15) is 0 Å². The molecule has 5 nitrogen and oxygen atoms in total. The Balaban J connectivity index is 1.68. The number of fused-ring (bicyclic) bond motifs is 1.